The summed E-state index contributed by atoms with van der Waals surface area (Å²) in [6.45, 7) is 0. The third kappa shape index (κ3) is 2.27. The molecule has 1 aromatic heterocycles. The van der Waals surface area contributed by atoms with E-state index >= 15 is 0 Å². The van der Waals surface area contributed by atoms with Crippen molar-refractivity contribution in [3.05, 3.63) is 53.1 Å². The molecule has 0 aliphatic heterocycles. The molecular formula is C15H11BrN2O. The summed E-state index contributed by atoms with van der Waals surface area (Å²) >= 11 is 3.43. The summed E-state index contributed by atoms with van der Waals surface area (Å²) in [6.07, 6.45) is 2.49. The van der Waals surface area contributed by atoms with Crippen LogP contribution in [0.2, 0.25) is 0 Å². The van der Waals surface area contributed by atoms with Crippen LogP contribution in [0.1, 0.15) is 0 Å². The van der Waals surface area contributed by atoms with Crippen LogP contribution in [0.25, 0.3) is 22.0 Å². The van der Waals surface area contributed by atoms with Gasteiger partial charge in [0, 0.05) is 21.6 Å². The minimum absolute atomic E-state index is 0.689. The SMILES string of the molecule is O=CNc1c[nH]c2ccc(-c3ccc(Br)cc3)cc12. The van der Waals surface area contributed by atoms with Crippen molar-refractivity contribution in [3.8, 4) is 11.1 Å². The van der Waals surface area contributed by atoms with Gasteiger partial charge < -0.3 is 10.3 Å². The Morgan fingerprint density at radius 2 is 1.79 bits per heavy atom. The molecule has 0 atom stereocenters. The van der Waals surface area contributed by atoms with E-state index in [9.17, 15) is 4.79 Å². The third-order valence-electron chi connectivity index (χ3n) is 3.07. The van der Waals surface area contributed by atoms with Crippen molar-refractivity contribution in [2.75, 3.05) is 5.32 Å². The summed E-state index contributed by atoms with van der Waals surface area (Å²) in [5, 5.41) is 3.71. The molecule has 0 fully saturated rings. The van der Waals surface area contributed by atoms with Gasteiger partial charge in [-0.2, -0.15) is 0 Å². The molecule has 3 rings (SSSR count). The van der Waals surface area contributed by atoms with Crippen LogP contribution in [0.5, 0.6) is 0 Å². The van der Waals surface area contributed by atoms with Crippen LogP contribution in [0.15, 0.2) is 53.1 Å². The number of halogens is 1. The average molecular weight is 315 g/mol. The van der Waals surface area contributed by atoms with Crippen LogP contribution in [-0.2, 0) is 4.79 Å². The molecule has 0 unspecified atom stereocenters. The monoisotopic (exact) mass is 314 g/mol. The molecule has 1 amide bonds. The lowest BCUT2D eigenvalue weighted by Crippen LogP contribution is -1.91. The molecule has 3 nitrogen and oxygen atoms in total. The summed E-state index contributed by atoms with van der Waals surface area (Å²) < 4.78 is 1.06. The Balaban J connectivity index is 2.11. The lowest BCUT2D eigenvalue weighted by molar-refractivity contribution is -0.105. The van der Waals surface area contributed by atoms with Gasteiger partial charge in [-0.05, 0) is 35.4 Å². The lowest BCUT2D eigenvalue weighted by atomic mass is 10.0. The van der Waals surface area contributed by atoms with E-state index in [4.69, 9.17) is 0 Å². The second kappa shape index (κ2) is 4.90. The molecular weight excluding hydrogens is 304 g/mol. The molecule has 0 aliphatic carbocycles. The van der Waals surface area contributed by atoms with E-state index in [2.05, 4.69) is 50.5 Å². The van der Waals surface area contributed by atoms with Gasteiger partial charge in [0.15, 0.2) is 0 Å². The first-order chi connectivity index (χ1) is 9.28. The first kappa shape index (κ1) is 12.0. The fourth-order valence-electron chi connectivity index (χ4n) is 2.13. The number of anilines is 1. The van der Waals surface area contributed by atoms with E-state index in [-0.39, 0.29) is 0 Å². The zero-order valence-corrected chi connectivity index (χ0v) is 11.6. The van der Waals surface area contributed by atoms with Gasteiger partial charge >= 0.3 is 0 Å². The van der Waals surface area contributed by atoms with Crippen LogP contribution in [0.4, 0.5) is 5.69 Å². The number of amides is 1. The summed E-state index contributed by atoms with van der Waals surface area (Å²) in [4.78, 5) is 13.7. The van der Waals surface area contributed by atoms with E-state index in [1.165, 1.54) is 0 Å². The largest absolute Gasteiger partial charge is 0.359 e. The molecule has 2 N–H and O–H groups in total. The number of nitrogens with one attached hydrogen (secondary N) is 2. The van der Waals surface area contributed by atoms with E-state index in [0.29, 0.717) is 6.41 Å². The summed E-state index contributed by atoms with van der Waals surface area (Å²) in [6, 6.07) is 14.3. The smallest absolute Gasteiger partial charge is 0.211 e. The van der Waals surface area contributed by atoms with E-state index in [0.717, 1.165) is 32.2 Å². The maximum absolute atomic E-state index is 10.6. The fraction of sp³-hybridized carbons (Fsp3) is 0. The second-order valence-corrected chi connectivity index (χ2v) is 5.15. The van der Waals surface area contributed by atoms with Crippen LogP contribution < -0.4 is 5.32 Å². The topological polar surface area (TPSA) is 44.9 Å². The van der Waals surface area contributed by atoms with Crippen molar-refractivity contribution in [1.29, 1.82) is 0 Å². The Hall–Kier alpha value is -2.07. The Bertz CT molecular complexity index is 731. The summed E-state index contributed by atoms with van der Waals surface area (Å²) in [5.41, 5.74) is 4.06. The predicted molar refractivity (Wildman–Crippen MR) is 81.1 cm³/mol. The number of H-pyrrole nitrogens is 1. The fourth-order valence-corrected chi connectivity index (χ4v) is 2.39. The molecule has 2 aromatic carbocycles. The lowest BCUT2D eigenvalue weighted by Gasteiger charge is -2.03. The molecule has 94 valence electrons. The van der Waals surface area contributed by atoms with Crippen molar-refractivity contribution in [1.82, 2.24) is 4.98 Å². The molecule has 0 spiro atoms. The van der Waals surface area contributed by atoms with Crippen molar-refractivity contribution < 1.29 is 4.79 Å². The molecule has 1 heterocycles. The maximum atomic E-state index is 10.6. The number of hydrogen-bond donors (Lipinski definition) is 2. The van der Waals surface area contributed by atoms with Gasteiger partial charge in [-0.3, -0.25) is 4.79 Å². The highest BCUT2D eigenvalue weighted by molar-refractivity contribution is 9.10. The number of carbonyl (C=O) groups is 1. The average Bonchev–Trinajstić information content (AvgIpc) is 2.83. The summed E-state index contributed by atoms with van der Waals surface area (Å²) in [7, 11) is 0. The van der Waals surface area contributed by atoms with E-state index < -0.39 is 0 Å². The second-order valence-electron chi connectivity index (χ2n) is 4.23. The Morgan fingerprint density at radius 3 is 2.53 bits per heavy atom. The van der Waals surface area contributed by atoms with Gasteiger partial charge in [0.25, 0.3) is 0 Å². The first-order valence-corrected chi connectivity index (χ1v) is 6.64. The van der Waals surface area contributed by atoms with Gasteiger partial charge in [0.05, 0.1) is 5.69 Å². The van der Waals surface area contributed by atoms with E-state index in [1.54, 1.807) is 6.20 Å². The highest BCUT2D eigenvalue weighted by Gasteiger charge is 2.05. The Morgan fingerprint density at radius 1 is 1.05 bits per heavy atom. The number of aromatic amines is 1. The van der Waals surface area contributed by atoms with Crippen molar-refractivity contribution in [2.45, 2.75) is 0 Å². The molecule has 0 radical (unpaired) electrons. The third-order valence-corrected chi connectivity index (χ3v) is 3.60. The van der Waals surface area contributed by atoms with Crippen LogP contribution in [-0.4, -0.2) is 11.4 Å². The zero-order chi connectivity index (χ0) is 13.2. The van der Waals surface area contributed by atoms with Gasteiger partial charge in [0.2, 0.25) is 6.41 Å². The molecule has 0 bridgehead atoms. The molecule has 0 saturated heterocycles. The van der Waals surface area contributed by atoms with E-state index in [1.807, 2.05) is 18.2 Å². The highest BCUT2D eigenvalue weighted by Crippen LogP contribution is 2.29. The molecule has 4 heteroatoms. The highest BCUT2D eigenvalue weighted by atomic mass is 79.9. The van der Waals surface area contributed by atoms with Crippen molar-refractivity contribution in [3.63, 3.8) is 0 Å². The maximum Gasteiger partial charge on any atom is 0.211 e. The Labute approximate surface area is 118 Å². The van der Waals surface area contributed by atoms with Gasteiger partial charge in [-0.25, -0.2) is 0 Å². The number of carbonyl (C=O) groups excluding carboxylic acids is 1. The Kier molecular flexibility index (Phi) is 3.09. The minimum Gasteiger partial charge on any atom is -0.359 e. The summed E-state index contributed by atoms with van der Waals surface area (Å²) in [5.74, 6) is 0. The first-order valence-electron chi connectivity index (χ1n) is 5.85. The number of fused-ring (bicyclic) bond motifs is 1. The standard InChI is InChI=1S/C15H11BrN2O/c16-12-4-1-10(2-5-12)11-3-6-14-13(7-11)15(8-17-14)18-9-19/h1-9,17H,(H,18,19). The number of benzene rings is 2. The minimum atomic E-state index is 0.689. The number of rotatable bonds is 3. The number of aromatic nitrogens is 1. The van der Waals surface area contributed by atoms with Crippen molar-refractivity contribution in [2.24, 2.45) is 0 Å². The van der Waals surface area contributed by atoms with Gasteiger partial charge in [0.1, 0.15) is 0 Å². The van der Waals surface area contributed by atoms with Gasteiger partial charge in [-0.15, -0.1) is 0 Å². The molecule has 0 aliphatic rings. The molecule has 0 saturated carbocycles. The molecule has 19 heavy (non-hydrogen) atoms. The number of hydrogen-bond acceptors (Lipinski definition) is 1. The van der Waals surface area contributed by atoms with Crippen LogP contribution in [0.3, 0.4) is 0 Å². The molecule has 3 aromatic rings. The predicted octanol–water partition coefficient (Wildman–Crippen LogP) is 4.17. The van der Waals surface area contributed by atoms with Crippen LogP contribution >= 0.6 is 15.9 Å². The van der Waals surface area contributed by atoms with Gasteiger partial charge in [-0.1, -0.05) is 34.1 Å². The van der Waals surface area contributed by atoms with Crippen molar-refractivity contribution >= 4 is 38.9 Å². The zero-order valence-electron chi connectivity index (χ0n) is 9.98. The van der Waals surface area contributed by atoms with Crippen LogP contribution in [0, 0.1) is 0 Å². The normalized spacial score (nSPS) is 10.6. The quantitative estimate of drug-likeness (QED) is 0.700.